The van der Waals surface area contributed by atoms with E-state index in [2.05, 4.69) is 120 Å². The highest BCUT2D eigenvalue weighted by Gasteiger charge is 2.48. The van der Waals surface area contributed by atoms with Crippen LogP contribution in [0.5, 0.6) is 0 Å². The third kappa shape index (κ3) is 9.13. The number of aryl methyl sites for hydroxylation is 1. The Morgan fingerprint density at radius 2 is 1.61 bits per heavy atom. The first-order chi connectivity index (χ1) is 17.2. The zero-order valence-electron chi connectivity index (χ0n) is 25.2. The van der Waals surface area contributed by atoms with Gasteiger partial charge in [-0.15, -0.1) is 0 Å². The van der Waals surface area contributed by atoms with Gasteiger partial charge < -0.3 is 19.1 Å². The Labute approximate surface area is 241 Å². The summed E-state index contributed by atoms with van der Waals surface area (Å²) in [6.07, 6.45) is 5.36. The van der Waals surface area contributed by atoms with E-state index in [0.29, 0.717) is 6.42 Å². The molecule has 0 heterocycles. The van der Waals surface area contributed by atoms with E-state index < -0.39 is 28.7 Å². The summed E-state index contributed by atoms with van der Waals surface area (Å²) in [6, 6.07) is 8.40. The van der Waals surface area contributed by atoms with Crippen molar-refractivity contribution in [3.63, 3.8) is 0 Å². The van der Waals surface area contributed by atoms with Gasteiger partial charge in [0.1, 0.15) is 0 Å². The van der Waals surface area contributed by atoms with Crippen molar-refractivity contribution in [2.45, 2.75) is 122 Å². The Bertz CT molecular complexity index is 947. The number of benzene rings is 1. The molecular weight excluding hydrogens is 576 g/mol. The molecule has 2 rings (SSSR count). The van der Waals surface area contributed by atoms with Crippen molar-refractivity contribution in [2.24, 2.45) is 11.8 Å². The summed E-state index contributed by atoms with van der Waals surface area (Å²) in [5.41, 5.74) is 1.25. The number of carboxylic acids is 1. The summed E-state index contributed by atoms with van der Waals surface area (Å²) in [4.78, 5) is 11.7. The average Bonchev–Trinajstić information content (AvgIpc) is 3.02. The Hall–Kier alpha value is -0.776. The number of hydrogen-bond donors (Lipinski definition) is 2. The molecule has 0 amide bonds. The number of aliphatic hydroxyl groups is 1. The maximum atomic E-state index is 11.7. The van der Waals surface area contributed by atoms with E-state index in [1.807, 2.05) is 0 Å². The molecule has 0 aromatic heterocycles. The molecule has 5 nitrogen and oxygen atoms in total. The fourth-order valence-corrected chi connectivity index (χ4v) is 7.42. The first-order valence-corrected chi connectivity index (χ1v) is 20.5. The Morgan fingerprint density at radius 3 is 2.11 bits per heavy atom. The molecule has 8 heteroatoms. The molecule has 2 N–H and O–H groups in total. The van der Waals surface area contributed by atoms with Crippen LogP contribution >= 0.6 is 15.9 Å². The van der Waals surface area contributed by atoms with Crippen LogP contribution < -0.4 is 0 Å². The summed E-state index contributed by atoms with van der Waals surface area (Å²) in [5.74, 6) is -1.43. The summed E-state index contributed by atoms with van der Waals surface area (Å²) >= 11 is 3.51. The van der Waals surface area contributed by atoms with Gasteiger partial charge in [0.2, 0.25) is 0 Å². The van der Waals surface area contributed by atoms with Crippen LogP contribution in [0.1, 0.15) is 66.4 Å². The lowest BCUT2D eigenvalue weighted by atomic mass is 9.90. The fourth-order valence-electron chi connectivity index (χ4n) is 4.49. The zero-order chi connectivity index (χ0) is 29.1. The predicted molar refractivity (Wildman–Crippen MR) is 166 cm³/mol. The third-order valence-electron chi connectivity index (χ3n) is 8.99. The average molecular weight is 628 g/mol. The van der Waals surface area contributed by atoms with E-state index in [1.165, 1.54) is 5.56 Å². The summed E-state index contributed by atoms with van der Waals surface area (Å²) < 4.78 is 14.7. The minimum absolute atomic E-state index is 0.0236. The van der Waals surface area contributed by atoms with Crippen molar-refractivity contribution < 1.29 is 23.9 Å². The standard InChI is InChI=1S/C30H51BrO5Si2/c1-29(2,3)37(7,8)35-23(16-13-21-11-14-22(31)15-12-21)17-18-24-25(19-28(33)34)26(32)20-27(24)36-38(9,10)30(4,5)6/h11-12,14-15,17-18,23-27,32H,13,16,19-20H2,1-10H3,(H,33,34)/b18-17+/t23-,24-,25-,26+,27-/m1/s1. The van der Waals surface area contributed by atoms with Gasteiger partial charge in [0.05, 0.1) is 24.7 Å². The lowest BCUT2D eigenvalue weighted by Crippen LogP contribution is -2.45. The summed E-state index contributed by atoms with van der Waals surface area (Å²) in [6.45, 7) is 22.3. The molecule has 1 aromatic carbocycles. The van der Waals surface area contributed by atoms with Crippen molar-refractivity contribution in [1.82, 2.24) is 0 Å². The second-order valence-electron chi connectivity index (χ2n) is 14.0. The minimum atomic E-state index is -2.11. The van der Waals surface area contributed by atoms with E-state index in [0.717, 1.165) is 17.3 Å². The van der Waals surface area contributed by atoms with Crippen LogP contribution in [0.2, 0.25) is 36.3 Å². The molecule has 0 aliphatic heterocycles. The van der Waals surface area contributed by atoms with E-state index in [9.17, 15) is 15.0 Å². The van der Waals surface area contributed by atoms with Crippen LogP contribution in [0.3, 0.4) is 0 Å². The van der Waals surface area contributed by atoms with Crippen molar-refractivity contribution in [3.05, 3.63) is 46.5 Å². The van der Waals surface area contributed by atoms with Gasteiger partial charge in [-0.25, -0.2) is 0 Å². The number of rotatable bonds is 11. The van der Waals surface area contributed by atoms with Crippen LogP contribution in [0.15, 0.2) is 40.9 Å². The zero-order valence-corrected chi connectivity index (χ0v) is 28.8. The molecule has 38 heavy (non-hydrogen) atoms. The monoisotopic (exact) mass is 626 g/mol. The van der Waals surface area contributed by atoms with Crippen LogP contribution in [-0.4, -0.2) is 51.1 Å². The van der Waals surface area contributed by atoms with Gasteiger partial charge in [-0.2, -0.15) is 0 Å². The van der Waals surface area contributed by atoms with Gasteiger partial charge in [-0.1, -0.05) is 81.8 Å². The van der Waals surface area contributed by atoms with Crippen molar-refractivity contribution in [1.29, 1.82) is 0 Å². The first kappa shape index (κ1) is 33.4. The molecule has 216 valence electrons. The molecule has 0 unspecified atom stereocenters. The van der Waals surface area contributed by atoms with Gasteiger partial charge in [0.15, 0.2) is 16.6 Å². The largest absolute Gasteiger partial charge is 0.481 e. The molecule has 1 fully saturated rings. The number of carboxylic acid groups (broad SMARTS) is 1. The minimum Gasteiger partial charge on any atom is -0.481 e. The molecule has 1 aliphatic carbocycles. The highest BCUT2D eigenvalue weighted by molar-refractivity contribution is 9.10. The van der Waals surface area contributed by atoms with Crippen molar-refractivity contribution in [2.75, 3.05) is 0 Å². The van der Waals surface area contributed by atoms with Gasteiger partial charge in [-0.05, 0) is 73.2 Å². The Balaban J connectivity index is 2.37. The molecule has 5 atom stereocenters. The smallest absolute Gasteiger partial charge is 0.303 e. The van der Waals surface area contributed by atoms with Gasteiger partial charge in [0.25, 0.3) is 0 Å². The number of carbonyl (C=O) groups is 1. The molecule has 0 bridgehead atoms. The molecule has 1 aromatic rings. The molecule has 1 aliphatic rings. The highest BCUT2D eigenvalue weighted by Crippen LogP contribution is 2.44. The lowest BCUT2D eigenvalue weighted by Gasteiger charge is -2.40. The Morgan fingerprint density at radius 1 is 1.05 bits per heavy atom. The number of halogens is 1. The van der Waals surface area contributed by atoms with Gasteiger partial charge >= 0.3 is 5.97 Å². The predicted octanol–water partition coefficient (Wildman–Crippen LogP) is 8.19. The van der Waals surface area contributed by atoms with Crippen LogP contribution in [-0.2, 0) is 20.1 Å². The maximum absolute atomic E-state index is 11.7. The second-order valence-corrected chi connectivity index (χ2v) is 24.5. The fraction of sp³-hybridized carbons (Fsp3) is 0.700. The quantitative estimate of drug-likeness (QED) is 0.191. The number of hydrogen-bond acceptors (Lipinski definition) is 4. The maximum Gasteiger partial charge on any atom is 0.303 e. The number of aliphatic carboxylic acids is 1. The second kappa shape index (κ2) is 12.8. The summed E-state index contributed by atoms with van der Waals surface area (Å²) in [7, 11) is -4.17. The Kier molecular flexibility index (Phi) is 11.3. The SMILES string of the molecule is CC(C)(C)[Si](C)(C)O[C@@H](/C=C/[C@@H]1[C@@H](CC(=O)O)[C@@H](O)C[C@H]1O[Si](C)(C)C(C)(C)C)CCc1ccc(Br)cc1. The van der Waals surface area contributed by atoms with Crippen molar-refractivity contribution in [3.8, 4) is 0 Å². The third-order valence-corrected chi connectivity index (χ3v) is 18.5. The van der Waals surface area contributed by atoms with E-state index in [4.69, 9.17) is 8.85 Å². The number of aliphatic hydroxyl groups excluding tert-OH is 1. The van der Waals surface area contributed by atoms with Crippen LogP contribution in [0.25, 0.3) is 0 Å². The van der Waals surface area contributed by atoms with Crippen LogP contribution in [0.4, 0.5) is 0 Å². The van der Waals surface area contributed by atoms with Crippen LogP contribution in [0, 0.1) is 11.8 Å². The molecular formula is C30H51BrO5Si2. The van der Waals surface area contributed by atoms with E-state index >= 15 is 0 Å². The van der Waals surface area contributed by atoms with Gasteiger partial charge in [-0.3, -0.25) is 4.79 Å². The molecule has 0 radical (unpaired) electrons. The lowest BCUT2D eigenvalue weighted by molar-refractivity contribution is -0.139. The first-order valence-electron chi connectivity index (χ1n) is 13.9. The van der Waals surface area contributed by atoms with E-state index in [-0.39, 0.29) is 40.5 Å². The van der Waals surface area contributed by atoms with Crippen molar-refractivity contribution >= 4 is 38.5 Å². The molecule has 0 saturated heterocycles. The molecule has 0 spiro atoms. The van der Waals surface area contributed by atoms with E-state index in [1.54, 1.807) is 0 Å². The topological polar surface area (TPSA) is 76.0 Å². The molecule has 1 saturated carbocycles. The normalized spacial score (nSPS) is 24.2. The summed E-state index contributed by atoms with van der Waals surface area (Å²) in [5, 5.41) is 20.6. The highest BCUT2D eigenvalue weighted by atomic mass is 79.9. The van der Waals surface area contributed by atoms with Gasteiger partial charge in [0, 0.05) is 16.3 Å².